The summed E-state index contributed by atoms with van der Waals surface area (Å²) in [4.78, 5) is 5.01. The molecule has 1 atom stereocenters. The predicted molar refractivity (Wildman–Crippen MR) is 322 cm³/mol. The Kier molecular flexibility index (Phi) is 11.9. The van der Waals surface area contributed by atoms with Crippen molar-refractivity contribution in [1.29, 1.82) is 0 Å². The van der Waals surface area contributed by atoms with Crippen molar-refractivity contribution >= 4 is 32.8 Å². The molecule has 3 aromatic heterocycles. The first-order valence-corrected chi connectivity index (χ1v) is 28.5. The summed E-state index contributed by atoms with van der Waals surface area (Å²) in [7, 11) is 0. The summed E-state index contributed by atoms with van der Waals surface area (Å²) in [5.74, 6) is 1.58. The molecule has 0 bridgehead atoms. The van der Waals surface area contributed by atoms with Crippen LogP contribution in [-0.4, -0.2) is 18.7 Å². The zero-order chi connectivity index (χ0) is 56.7. The normalized spacial score (nSPS) is 14.5. The van der Waals surface area contributed by atoms with Crippen LogP contribution in [0, 0.1) is 22.8 Å². The van der Waals surface area contributed by atoms with E-state index in [0.29, 0.717) is 22.9 Å². The molecule has 13 rings (SSSR count). The van der Waals surface area contributed by atoms with E-state index in [1.54, 1.807) is 12.3 Å². The van der Waals surface area contributed by atoms with E-state index in [2.05, 4.69) is 216 Å². The van der Waals surface area contributed by atoms with E-state index < -0.39 is 6.85 Å². The molecule has 5 nitrogen and oxygen atoms in total. The molecule has 1 unspecified atom stereocenters. The molecule has 0 saturated carbocycles. The fourth-order valence-corrected chi connectivity index (χ4v) is 12.9. The van der Waals surface area contributed by atoms with Crippen LogP contribution >= 0.6 is 0 Å². The first kappa shape index (κ1) is 46.9. The average Bonchev–Trinajstić information content (AvgIpc) is 4.11. The Morgan fingerprint density at radius 3 is 1.85 bits per heavy atom. The maximum absolute atomic E-state index is 8.71. The Balaban J connectivity index is 0.946. The molecule has 392 valence electrons. The minimum atomic E-state index is -2.41. The van der Waals surface area contributed by atoms with Crippen molar-refractivity contribution in [1.82, 2.24) is 18.7 Å². The number of nitrogens with zero attached hydrogens (tertiary/aromatic N) is 4. The SMILES string of the molecule is [2H]C([2H])([2H])c1cc(-n2c3[c-]c(Oc4[c-]c5c(cc4)CCCC5n4[c](=[Pt])n(-c5c(-c6ccccc6)cccc5-c5cc(C(C)(C)C)cc(C(C)(C)C)c5)c5ccccc54)ccc3c3cc(-c4ccccc4)ccc32)ncc1-c1ccccc1. The van der Waals surface area contributed by atoms with Crippen LogP contribution in [0.4, 0.5) is 0 Å². The molecular formula is C73H62N4OPt-2. The van der Waals surface area contributed by atoms with Crippen LogP contribution in [0.5, 0.6) is 11.5 Å². The number of rotatable bonds is 9. The van der Waals surface area contributed by atoms with Crippen molar-refractivity contribution in [3.63, 3.8) is 0 Å². The molecule has 0 N–H and O–H groups in total. The summed E-state index contributed by atoms with van der Waals surface area (Å²) in [6.45, 7) is 11.5. The zero-order valence-electron chi connectivity index (χ0n) is 48.3. The smallest absolute Gasteiger partial charge is 0.238 e. The average molecular weight is 1210 g/mol. The van der Waals surface area contributed by atoms with Crippen LogP contribution in [0.2, 0.25) is 0 Å². The Bertz CT molecular complexity index is 4450. The second-order valence-corrected chi connectivity index (χ2v) is 24.1. The summed E-state index contributed by atoms with van der Waals surface area (Å²) < 4.78 is 41.2. The van der Waals surface area contributed by atoms with Gasteiger partial charge in [0.05, 0.1) is 0 Å². The zero-order valence-corrected chi connectivity index (χ0v) is 47.6. The molecule has 1 aliphatic carbocycles. The number of aromatic nitrogens is 4. The van der Waals surface area contributed by atoms with Crippen LogP contribution in [0.15, 0.2) is 206 Å². The van der Waals surface area contributed by atoms with E-state index in [9.17, 15) is 0 Å². The fourth-order valence-electron chi connectivity index (χ4n) is 11.7. The number of pyridine rings is 1. The summed E-state index contributed by atoms with van der Waals surface area (Å²) in [5.41, 5.74) is 18.4. The van der Waals surface area contributed by atoms with Crippen molar-refractivity contribution in [2.45, 2.75) is 84.5 Å². The fraction of sp³-hybridized carbons (Fsp3) is 0.178. The minimum absolute atomic E-state index is 0.0415. The third-order valence-corrected chi connectivity index (χ3v) is 16.9. The molecule has 0 amide bonds. The second-order valence-electron chi connectivity index (χ2n) is 23.0. The monoisotopic (exact) mass is 1210 g/mol. The van der Waals surface area contributed by atoms with Gasteiger partial charge in [0.1, 0.15) is 0 Å². The molecule has 1 aliphatic rings. The van der Waals surface area contributed by atoms with Crippen molar-refractivity contribution in [2.75, 3.05) is 0 Å². The van der Waals surface area contributed by atoms with Crippen LogP contribution in [0.3, 0.4) is 0 Å². The molecule has 12 aromatic rings. The van der Waals surface area contributed by atoms with Gasteiger partial charge in [-0.2, -0.15) is 0 Å². The second kappa shape index (κ2) is 20.0. The van der Waals surface area contributed by atoms with Gasteiger partial charge in [0.2, 0.25) is 0 Å². The van der Waals surface area contributed by atoms with Crippen LogP contribution in [0.25, 0.3) is 88.9 Å². The summed E-state index contributed by atoms with van der Waals surface area (Å²) >= 11 is 2.59. The molecule has 6 heteroatoms. The number of ether oxygens (including phenoxy) is 1. The number of para-hydroxylation sites is 3. The van der Waals surface area contributed by atoms with Gasteiger partial charge in [-0.25, -0.2) is 4.98 Å². The number of imidazole rings is 1. The molecule has 9 aromatic carbocycles. The number of fused-ring (bicyclic) bond motifs is 5. The van der Waals surface area contributed by atoms with Gasteiger partial charge in [-0.1, -0.05) is 72.8 Å². The molecule has 0 saturated heterocycles. The Morgan fingerprint density at radius 2 is 1.16 bits per heavy atom. The van der Waals surface area contributed by atoms with Gasteiger partial charge in [-0.3, -0.25) is 0 Å². The van der Waals surface area contributed by atoms with Gasteiger partial charge in [-0.05, 0) is 41.2 Å². The summed E-state index contributed by atoms with van der Waals surface area (Å²) in [5, 5.41) is 1.93. The van der Waals surface area contributed by atoms with Crippen LogP contribution in [-0.2, 0) is 36.6 Å². The molecule has 0 aliphatic heterocycles. The molecule has 0 fully saturated rings. The van der Waals surface area contributed by atoms with Gasteiger partial charge >= 0.3 is 347 Å². The first-order valence-electron chi connectivity index (χ1n) is 28.9. The number of hydrogen-bond acceptors (Lipinski definition) is 2. The predicted octanol–water partition coefficient (Wildman–Crippen LogP) is 18.9. The van der Waals surface area contributed by atoms with E-state index in [-0.39, 0.29) is 22.4 Å². The first-order chi connectivity index (χ1) is 39.5. The van der Waals surface area contributed by atoms with Crippen molar-refractivity contribution in [3.05, 3.63) is 250 Å². The van der Waals surface area contributed by atoms with E-state index >= 15 is 0 Å². The Labute approximate surface area is 479 Å². The number of aryl methyl sites for hydroxylation is 2. The third kappa shape index (κ3) is 9.22. The molecular weight excluding hydrogens is 1140 g/mol. The number of hydrogen-bond donors (Lipinski definition) is 0. The Morgan fingerprint density at radius 1 is 0.544 bits per heavy atom. The quantitative estimate of drug-likeness (QED) is 0.135. The van der Waals surface area contributed by atoms with Gasteiger partial charge in [0, 0.05) is 15.9 Å². The van der Waals surface area contributed by atoms with Gasteiger partial charge in [0.25, 0.3) is 0 Å². The molecule has 79 heavy (non-hydrogen) atoms. The van der Waals surface area contributed by atoms with Crippen LogP contribution < -0.4 is 4.74 Å². The number of benzene rings is 9. The van der Waals surface area contributed by atoms with E-state index in [1.807, 2.05) is 65.2 Å². The van der Waals surface area contributed by atoms with Gasteiger partial charge in [0.15, 0.2) is 0 Å². The van der Waals surface area contributed by atoms with E-state index in [4.69, 9.17) is 13.8 Å². The summed E-state index contributed by atoms with van der Waals surface area (Å²) in [6, 6.07) is 77.5. The molecule has 0 spiro atoms. The van der Waals surface area contributed by atoms with Crippen molar-refractivity contribution in [3.8, 4) is 67.5 Å². The topological polar surface area (TPSA) is 36.9 Å². The van der Waals surface area contributed by atoms with Crippen molar-refractivity contribution in [2.24, 2.45) is 0 Å². The third-order valence-electron chi connectivity index (χ3n) is 15.8. The van der Waals surface area contributed by atoms with E-state index in [0.717, 1.165) is 95.0 Å². The Hall–Kier alpha value is -8.11. The standard InChI is InChI=1S/C73H62N4O.Pt/c1-48-39-70(74-46-64(48)51-25-15-10-16-26-51)77-66-38-34-53(49-21-11-8-12-22-49)42-63(66)61-37-36-58(45-69(61)77)78-57-35-33-52-27-19-32-65(62(52)44-57)75-47-76(68-31-18-17-30-67(68)75)71-59(50-23-13-9-14-24-50)28-20-29-60(71)54-40-55(72(2,3)4)43-56(41-54)73(5,6)7;/h8-18,20-26,28-31,33-43,46,65H,19,27,32H2,1-7H3;/q-2;/i1D3;. The minimum Gasteiger partial charge on any atom is -0.238 e. The van der Waals surface area contributed by atoms with E-state index in [1.165, 1.54) is 27.8 Å². The van der Waals surface area contributed by atoms with Gasteiger partial charge < -0.3 is 0 Å². The van der Waals surface area contributed by atoms with Crippen molar-refractivity contribution < 1.29 is 28.2 Å². The maximum atomic E-state index is 8.71. The van der Waals surface area contributed by atoms with Crippen LogP contribution in [0.1, 0.15) is 92.4 Å². The summed E-state index contributed by atoms with van der Waals surface area (Å²) in [6.07, 6.45) is 4.58. The molecule has 3 heterocycles. The molecule has 0 radical (unpaired) electrons. The van der Waals surface area contributed by atoms with Gasteiger partial charge in [-0.15, -0.1) is 0 Å².